The average molecular weight is 381 g/mol. The first-order valence-electron chi connectivity index (χ1n) is 9.31. The molecule has 4 rings (SSSR count). The van der Waals surface area contributed by atoms with Crippen LogP contribution in [0.15, 0.2) is 41.5 Å². The fourth-order valence-electron chi connectivity index (χ4n) is 4.27. The molecule has 2 fully saturated rings. The van der Waals surface area contributed by atoms with Crippen LogP contribution in [0.1, 0.15) is 20.8 Å². The fourth-order valence-corrected chi connectivity index (χ4v) is 4.27. The highest BCUT2D eigenvalue weighted by atomic mass is 16.5. The molecule has 0 spiro atoms. The number of amides is 2. The third-order valence-corrected chi connectivity index (χ3v) is 5.63. The zero-order valence-corrected chi connectivity index (χ0v) is 16.3. The maximum Gasteiger partial charge on any atom is 0.240 e. The van der Waals surface area contributed by atoms with Gasteiger partial charge < -0.3 is 4.74 Å². The van der Waals surface area contributed by atoms with Crippen molar-refractivity contribution in [2.24, 2.45) is 22.4 Å². The molecule has 0 N–H and O–H groups in total. The van der Waals surface area contributed by atoms with Crippen LogP contribution in [-0.4, -0.2) is 48.0 Å². The maximum absolute atomic E-state index is 13.4. The van der Waals surface area contributed by atoms with Crippen LogP contribution in [0.5, 0.6) is 5.75 Å². The third-order valence-electron chi connectivity index (χ3n) is 5.63. The summed E-state index contributed by atoms with van der Waals surface area (Å²) in [5.74, 6) is -1.46. The summed E-state index contributed by atoms with van der Waals surface area (Å²) in [6.07, 6.45) is 5.20. The van der Waals surface area contributed by atoms with Gasteiger partial charge in [-0.2, -0.15) is 5.10 Å². The van der Waals surface area contributed by atoms with Crippen LogP contribution in [0.25, 0.3) is 0 Å². The summed E-state index contributed by atoms with van der Waals surface area (Å²) in [4.78, 5) is 41.0. The van der Waals surface area contributed by atoms with Gasteiger partial charge in [0.2, 0.25) is 11.8 Å². The van der Waals surface area contributed by atoms with E-state index in [0.29, 0.717) is 11.4 Å². The van der Waals surface area contributed by atoms with Gasteiger partial charge in [0, 0.05) is 11.6 Å². The van der Waals surface area contributed by atoms with Crippen molar-refractivity contribution in [1.29, 1.82) is 0 Å². The van der Waals surface area contributed by atoms with Crippen LogP contribution in [0.3, 0.4) is 0 Å². The lowest BCUT2D eigenvalue weighted by Crippen LogP contribution is -2.49. The van der Waals surface area contributed by atoms with Gasteiger partial charge in [-0.25, -0.2) is 4.90 Å². The first-order chi connectivity index (χ1) is 13.3. The molecule has 1 aromatic rings. The van der Waals surface area contributed by atoms with Crippen molar-refractivity contribution in [3.63, 3.8) is 0 Å². The lowest BCUT2D eigenvalue weighted by atomic mass is 9.80. The lowest BCUT2D eigenvalue weighted by Gasteiger charge is -2.33. The van der Waals surface area contributed by atoms with Crippen LogP contribution in [0, 0.1) is 17.3 Å². The van der Waals surface area contributed by atoms with Gasteiger partial charge in [-0.15, -0.1) is 0 Å². The number of allylic oxidation sites excluding steroid dienone is 1. The smallest absolute Gasteiger partial charge is 0.240 e. The predicted molar refractivity (Wildman–Crippen MR) is 104 cm³/mol. The van der Waals surface area contributed by atoms with E-state index in [-0.39, 0.29) is 17.6 Å². The number of carbonyl (C=O) groups excluding carboxylic acids is 3. The van der Waals surface area contributed by atoms with Gasteiger partial charge in [-0.05, 0) is 30.3 Å². The largest absolute Gasteiger partial charge is 0.497 e. The summed E-state index contributed by atoms with van der Waals surface area (Å²) in [6, 6.07) is 5.63. The normalized spacial score (nSPS) is 28.6. The van der Waals surface area contributed by atoms with Gasteiger partial charge in [-0.3, -0.25) is 19.4 Å². The topological polar surface area (TPSA) is 79.3 Å². The van der Waals surface area contributed by atoms with E-state index >= 15 is 0 Å². The molecule has 0 radical (unpaired) electrons. The van der Waals surface area contributed by atoms with E-state index < -0.39 is 29.3 Å². The third kappa shape index (κ3) is 2.57. The second-order valence-corrected chi connectivity index (χ2v) is 8.34. The highest BCUT2D eigenvalue weighted by molar-refractivity contribution is 6.24. The average Bonchev–Trinajstić information content (AvgIpc) is 3.14. The van der Waals surface area contributed by atoms with Crippen LogP contribution in [0.4, 0.5) is 5.69 Å². The Kier molecular flexibility index (Phi) is 4.14. The molecule has 4 atom stereocenters. The van der Waals surface area contributed by atoms with Gasteiger partial charge in [0.05, 0.1) is 30.7 Å². The number of ether oxygens (including phenoxy) is 1. The van der Waals surface area contributed by atoms with Crippen molar-refractivity contribution >= 4 is 29.5 Å². The van der Waals surface area contributed by atoms with E-state index in [9.17, 15) is 14.4 Å². The van der Waals surface area contributed by atoms with E-state index in [1.54, 1.807) is 48.7 Å². The minimum absolute atomic E-state index is 0.0878. The van der Waals surface area contributed by atoms with E-state index in [1.165, 1.54) is 4.90 Å². The Labute approximate surface area is 163 Å². The summed E-state index contributed by atoms with van der Waals surface area (Å²) in [7, 11) is 1.55. The summed E-state index contributed by atoms with van der Waals surface area (Å²) in [6.45, 7) is 5.47. The molecule has 1 aromatic carbocycles. The van der Waals surface area contributed by atoms with E-state index in [1.807, 2.05) is 26.8 Å². The number of methoxy groups -OCH3 is 1. The zero-order chi connectivity index (χ0) is 20.2. The van der Waals surface area contributed by atoms with Gasteiger partial charge in [0.1, 0.15) is 11.8 Å². The Morgan fingerprint density at radius 1 is 1.07 bits per heavy atom. The lowest BCUT2D eigenvalue weighted by molar-refractivity contribution is -0.136. The van der Waals surface area contributed by atoms with Gasteiger partial charge >= 0.3 is 0 Å². The molecule has 3 aliphatic rings. The number of imide groups is 1. The van der Waals surface area contributed by atoms with Crippen molar-refractivity contribution in [2.75, 3.05) is 12.0 Å². The van der Waals surface area contributed by atoms with Crippen molar-refractivity contribution in [1.82, 2.24) is 5.01 Å². The Morgan fingerprint density at radius 2 is 1.71 bits per heavy atom. The molecule has 0 unspecified atom stereocenters. The molecule has 3 aliphatic heterocycles. The number of anilines is 1. The fraction of sp³-hybridized carbons (Fsp3) is 0.429. The van der Waals surface area contributed by atoms with Crippen molar-refractivity contribution in [2.45, 2.75) is 32.9 Å². The number of hydrazone groups is 1. The molecule has 28 heavy (non-hydrogen) atoms. The number of hydrogen-bond acceptors (Lipinski definition) is 6. The number of hydrogen-bond donors (Lipinski definition) is 0. The van der Waals surface area contributed by atoms with E-state index in [4.69, 9.17) is 4.74 Å². The highest BCUT2D eigenvalue weighted by Gasteiger charge is 2.64. The standard InChI is InChI=1S/C21H23N3O4/c1-21(2,3)18(25)17-16-15(14-6-5-11-22-24(14)17)19(26)23(20(16)27)12-7-9-13(28-4)10-8-12/h5-11,14-17H,1-4H3/t14-,15+,16+,17+/m1/s1. The summed E-state index contributed by atoms with van der Waals surface area (Å²) >= 11 is 0. The molecule has 2 amide bonds. The van der Waals surface area contributed by atoms with Gasteiger partial charge in [0.15, 0.2) is 5.78 Å². The molecule has 146 valence electrons. The van der Waals surface area contributed by atoms with Gasteiger partial charge in [0.25, 0.3) is 0 Å². The number of fused-ring (bicyclic) bond motifs is 3. The monoisotopic (exact) mass is 381 g/mol. The summed E-state index contributed by atoms with van der Waals surface area (Å²) in [5.41, 5.74) is -0.167. The minimum Gasteiger partial charge on any atom is -0.497 e. The Bertz CT molecular complexity index is 897. The summed E-state index contributed by atoms with van der Waals surface area (Å²) < 4.78 is 5.15. The first kappa shape index (κ1) is 18.4. The van der Waals surface area contributed by atoms with Crippen LogP contribution < -0.4 is 9.64 Å². The molecule has 0 aromatic heterocycles. The molecule has 7 nitrogen and oxygen atoms in total. The first-order valence-corrected chi connectivity index (χ1v) is 9.31. The molecular weight excluding hydrogens is 358 g/mol. The second-order valence-electron chi connectivity index (χ2n) is 8.34. The number of rotatable bonds is 3. The molecule has 3 heterocycles. The Balaban J connectivity index is 1.76. The van der Waals surface area contributed by atoms with Crippen LogP contribution in [0.2, 0.25) is 0 Å². The number of carbonyl (C=O) groups is 3. The highest BCUT2D eigenvalue weighted by Crippen LogP contribution is 2.47. The van der Waals surface area contributed by atoms with Crippen molar-refractivity contribution in [3.05, 3.63) is 36.4 Å². The Hall–Kier alpha value is -2.96. The Morgan fingerprint density at radius 3 is 2.32 bits per heavy atom. The number of ketones is 1. The van der Waals surface area contributed by atoms with Crippen LogP contribution in [-0.2, 0) is 14.4 Å². The number of benzene rings is 1. The van der Waals surface area contributed by atoms with E-state index in [2.05, 4.69) is 5.10 Å². The molecule has 7 heteroatoms. The van der Waals surface area contributed by atoms with Crippen LogP contribution >= 0.6 is 0 Å². The zero-order valence-electron chi connectivity index (χ0n) is 16.3. The minimum atomic E-state index is -0.754. The SMILES string of the molecule is COc1ccc(N2C(=O)[C@@H]3[C@H](C2=O)[C@@H](C(=O)C(C)(C)C)N2N=CC=C[C@H]32)cc1. The maximum atomic E-state index is 13.4. The number of Topliss-reactive ketones (excluding diaryl/α,β-unsaturated/α-hetero) is 1. The summed E-state index contributed by atoms with van der Waals surface area (Å²) in [5, 5.41) is 5.98. The van der Waals surface area contributed by atoms with Crippen molar-refractivity contribution in [3.8, 4) is 5.75 Å². The second kappa shape index (κ2) is 6.29. The van der Waals surface area contributed by atoms with Gasteiger partial charge in [-0.1, -0.05) is 26.8 Å². The molecule has 2 saturated heterocycles. The molecule has 0 saturated carbocycles. The molecular formula is C21H23N3O4. The predicted octanol–water partition coefficient (Wildman–Crippen LogP) is 2.02. The molecule has 0 aliphatic carbocycles. The van der Waals surface area contributed by atoms with E-state index in [0.717, 1.165) is 0 Å². The quantitative estimate of drug-likeness (QED) is 0.749. The molecule has 0 bridgehead atoms. The number of nitrogens with zero attached hydrogens (tertiary/aromatic N) is 3. The van der Waals surface area contributed by atoms with Crippen molar-refractivity contribution < 1.29 is 19.1 Å².